The second-order valence-electron chi connectivity index (χ2n) is 5.57. The molecule has 23 heavy (non-hydrogen) atoms. The van der Waals surface area contributed by atoms with Gasteiger partial charge in [-0.3, -0.25) is 9.59 Å². The van der Waals surface area contributed by atoms with Crippen molar-refractivity contribution in [2.75, 3.05) is 20.3 Å². The number of aromatic amines is 1. The van der Waals surface area contributed by atoms with Gasteiger partial charge in [-0.25, -0.2) is 4.98 Å². The number of esters is 1. The first-order valence-electron chi connectivity index (χ1n) is 7.85. The molecular weight excluding hydrogens is 316 g/mol. The summed E-state index contributed by atoms with van der Waals surface area (Å²) >= 11 is 1.52. The molecule has 1 N–H and O–H groups in total. The molecule has 2 aromatic rings. The van der Waals surface area contributed by atoms with Crippen LogP contribution in [0.15, 0.2) is 4.79 Å². The molecule has 2 aromatic heterocycles. The number of hydrogen-bond acceptors (Lipinski definition) is 6. The number of nitrogens with zero attached hydrogens (tertiary/aromatic N) is 1. The SMILES string of the molecule is CCOC(=O)C1CCCc2sc3nc(CCOC)[nH]c(=O)c3c21. The number of rotatable bonds is 5. The Morgan fingerprint density at radius 3 is 3.04 bits per heavy atom. The van der Waals surface area contributed by atoms with E-state index in [-0.39, 0.29) is 17.4 Å². The van der Waals surface area contributed by atoms with E-state index in [9.17, 15) is 9.59 Å². The van der Waals surface area contributed by atoms with Crippen LogP contribution in [0.1, 0.15) is 41.9 Å². The van der Waals surface area contributed by atoms with Crippen LogP contribution in [0, 0.1) is 0 Å². The number of fused-ring (bicyclic) bond motifs is 3. The van der Waals surface area contributed by atoms with Gasteiger partial charge in [-0.05, 0) is 31.7 Å². The maximum atomic E-state index is 12.5. The molecule has 0 bridgehead atoms. The molecular formula is C16H20N2O4S. The summed E-state index contributed by atoms with van der Waals surface area (Å²) in [7, 11) is 1.62. The zero-order valence-corrected chi connectivity index (χ0v) is 14.1. The van der Waals surface area contributed by atoms with Crippen molar-refractivity contribution >= 4 is 27.5 Å². The van der Waals surface area contributed by atoms with Gasteiger partial charge in [0.05, 0.1) is 24.5 Å². The van der Waals surface area contributed by atoms with Crippen molar-refractivity contribution in [2.24, 2.45) is 0 Å². The molecule has 0 fully saturated rings. The number of aromatic nitrogens is 2. The quantitative estimate of drug-likeness (QED) is 0.846. The zero-order valence-electron chi connectivity index (χ0n) is 13.3. The molecule has 0 saturated carbocycles. The lowest BCUT2D eigenvalue weighted by molar-refractivity contribution is -0.145. The molecule has 7 heteroatoms. The van der Waals surface area contributed by atoms with Crippen LogP contribution in [0.5, 0.6) is 0 Å². The Hall–Kier alpha value is -1.73. The summed E-state index contributed by atoms with van der Waals surface area (Å²) in [6, 6.07) is 0. The number of carbonyl (C=O) groups excluding carboxylic acids is 1. The predicted octanol–water partition coefficient (Wildman–Crippen LogP) is 2.16. The molecule has 124 valence electrons. The fourth-order valence-electron chi connectivity index (χ4n) is 3.08. The van der Waals surface area contributed by atoms with Crippen molar-refractivity contribution in [3.63, 3.8) is 0 Å². The average molecular weight is 336 g/mol. The molecule has 0 spiro atoms. The monoisotopic (exact) mass is 336 g/mol. The zero-order chi connectivity index (χ0) is 16.4. The number of aryl methyl sites for hydroxylation is 1. The summed E-state index contributed by atoms with van der Waals surface area (Å²) in [6.07, 6.45) is 3.10. The fourth-order valence-corrected chi connectivity index (χ4v) is 4.38. The summed E-state index contributed by atoms with van der Waals surface area (Å²) in [5.74, 6) is 0.0341. The minimum absolute atomic E-state index is 0.171. The third kappa shape index (κ3) is 3.03. The number of nitrogens with one attached hydrogen (secondary N) is 1. The van der Waals surface area contributed by atoms with E-state index in [2.05, 4.69) is 9.97 Å². The third-order valence-electron chi connectivity index (χ3n) is 4.08. The summed E-state index contributed by atoms with van der Waals surface area (Å²) in [5, 5.41) is 0.559. The minimum atomic E-state index is -0.347. The van der Waals surface area contributed by atoms with Crippen LogP contribution in [0.4, 0.5) is 0 Å². The molecule has 0 aromatic carbocycles. The number of thiophene rings is 1. The first kappa shape index (κ1) is 16.1. The Bertz CT molecular complexity index is 780. The van der Waals surface area contributed by atoms with Crippen molar-refractivity contribution in [3.05, 3.63) is 26.6 Å². The van der Waals surface area contributed by atoms with Crippen molar-refractivity contribution in [1.29, 1.82) is 0 Å². The molecule has 1 aliphatic rings. The van der Waals surface area contributed by atoms with Crippen LogP contribution in [0.3, 0.4) is 0 Å². The van der Waals surface area contributed by atoms with E-state index in [1.54, 1.807) is 14.0 Å². The Morgan fingerprint density at radius 2 is 2.30 bits per heavy atom. The van der Waals surface area contributed by atoms with E-state index in [4.69, 9.17) is 9.47 Å². The van der Waals surface area contributed by atoms with Crippen molar-refractivity contribution in [2.45, 2.75) is 38.5 Å². The largest absolute Gasteiger partial charge is 0.466 e. The van der Waals surface area contributed by atoms with Crippen LogP contribution < -0.4 is 5.56 Å². The lowest BCUT2D eigenvalue weighted by Crippen LogP contribution is -2.22. The van der Waals surface area contributed by atoms with Crippen LogP contribution in [0.25, 0.3) is 10.2 Å². The summed E-state index contributed by atoms with van der Waals surface area (Å²) < 4.78 is 10.2. The molecule has 3 rings (SSSR count). The molecule has 1 atom stereocenters. The van der Waals surface area contributed by atoms with Crippen LogP contribution in [-0.4, -0.2) is 36.3 Å². The molecule has 1 aliphatic carbocycles. The minimum Gasteiger partial charge on any atom is -0.466 e. The Balaban J connectivity index is 2.09. The highest BCUT2D eigenvalue weighted by molar-refractivity contribution is 7.18. The van der Waals surface area contributed by atoms with Crippen LogP contribution in [-0.2, 0) is 27.1 Å². The molecule has 2 heterocycles. The van der Waals surface area contributed by atoms with E-state index in [1.165, 1.54) is 11.3 Å². The van der Waals surface area contributed by atoms with Gasteiger partial charge in [-0.15, -0.1) is 11.3 Å². The lowest BCUT2D eigenvalue weighted by Gasteiger charge is -2.20. The average Bonchev–Trinajstić information content (AvgIpc) is 2.91. The van der Waals surface area contributed by atoms with Crippen molar-refractivity contribution in [1.82, 2.24) is 9.97 Å². The molecule has 0 aliphatic heterocycles. The normalized spacial score (nSPS) is 17.2. The maximum Gasteiger partial charge on any atom is 0.313 e. The highest BCUT2D eigenvalue weighted by Crippen LogP contribution is 2.40. The van der Waals surface area contributed by atoms with Gasteiger partial charge in [0.1, 0.15) is 10.7 Å². The highest BCUT2D eigenvalue weighted by atomic mass is 32.1. The first-order chi connectivity index (χ1) is 11.2. The molecule has 0 radical (unpaired) electrons. The third-order valence-corrected chi connectivity index (χ3v) is 5.24. The summed E-state index contributed by atoms with van der Waals surface area (Å²) in [4.78, 5) is 34.0. The fraction of sp³-hybridized carbons (Fsp3) is 0.562. The molecule has 0 saturated heterocycles. The van der Waals surface area contributed by atoms with Gasteiger partial charge < -0.3 is 14.5 Å². The molecule has 6 nitrogen and oxygen atoms in total. The number of H-pyrrole nitrogens is 1. The summed E-state index contributed by atoms with van der Waals surface area (Å²) in [5.41, 5.74) is 0.663. The Kier molecular flexibility index (Phi) is 4.77. The highest BCUT2D eigenvalue weighted by Gasteiger charge is 2.32. The van der Waals surface area contributed by atoms with Gasteiger partial charge in [-0.1, -0.05) is 0 Å². The van der Waals surface area contributed by atoms with E-state index in [1.807, 2.05) is 0 Å². The second-order valence-corrected chi connectivity index (χ2v) is 6.65. The molecule has 0 amide bonds. The predicted molar refractivity (Wildman–Crippen MR) is 88.1 cm³/mol. The Labute approximate surface area is 137 Å². The van der Waals surface area contributed by atoms with E-state index in [0.717, 1.165) is 29.7 Å². The van der Waals surface area contributed by atoms with Gasteiger partial charge >= 0.3 is 5.97 Å². The second kappa shape index (κ2) is 6.80. The van der Waals surface area contributed by atoms with Gasteiger partial charge in [-0.2, -0.15) is 0 Å². The van der Waals surface area contributed by atoms with E-state index >= 15 is 0 Å². The van der Waals surface area contributed by atoms with E-state index < -0.39 is 0 Å². The maximum absolute atomic E-state index is 12.5. The van der Waals surface area contributed by atoms with Crippen molar-refractivity contribution in [3.8, 4) is 0 Å². The topological polar surface area (TPSA) is 81.3 Å². The van der Waals surface area contributed by atoms with Gasteiger partial charge in [0.2, 0.25) is 0 Å². The smallest absolute Gasteiger partial charge is 0.313 e. The van der Waals surface area contributed by atoms with Gasteiger partial charge in [0.25, 0.3) is 5.56 Å². The van der Waals surface area contributed by atoms with Gasteiger partial charge in [0, 0.05) is 18.4 Å². The Morgan fingerprint density at radius 1 is 1.48 bits per heavy atom. The standard InChI is InChI=1S/C16H20N2O4S/c1-3-22-16(20)9-5-4-6-10-12(9)13-14(19)17-11(7-8-21-2)18-15(13)23-10/h9H,3-8H2,1-2H3,(H,17,18,19). The van der Waals surface area contributed by atoms with E-state index in [0.29, 0.717) is 35.7 Å². The van der Waals surface area contributed by atoms with Crippen LogP contribution >= 0.6 is 11.3 Å². The van der Waals surface area contributed by atoms with Crippen molar-refractivity contribution < 1.29 is 14.3 Å². The molecule has 1 unspecified atom stereocenters. The lowest BCUT2D eigenvalue weighted by atomic mass is 9.86. The van der Waals surface area contributed by atoms with Crippen LogP contribution in [0.2, 0.25) is 0 Å². The number of methoxy groups -OCH3 is 1. The summed E-state index contributed by atoms with van der Waals surface area (Å²) in [6.45, 7) is 2.65. The number of hydrogen-bond donors (Lipinski definition) is 1. The first-order valence-corrected chi connectivity index (χ1v) is 8.67. The van der Waals surface area contributed by atoms with Gasteiger partial charge in [0.15, 0.2) is 0 Å². The number of ether oxygens (including phenoxy) is 2. The number of carbonyl (C=O) groups is 1.